The number of carbonyl (C=O) groups excluding carboxylic acids is 1. The lowest BCUT2D eigenvalue weighted by Crippen LogP contribution is -2.30. The van der Waals surface area contributed by atoms with Crippen LogP contribution in [0.4, 0.5) is 0 Å². The second-order valence-corrected chi connectivity index (χ2v) is 6.29. The van der Waals surface area contributed by atoms with Gasteiger partial charge in [-0.1, -0.05) is 17.8 Å². The molecule has 0 aliphatic carbocycles. The standard InChI is InChI=1S/C15H17N3O3S/c1-10(22-15-16-5-6-18(15)2)14(19)17-8-11-3-4-12-13(7-11)21-9-20-12/h3-7,10H,8-9H2,1-2H3,(H,17,19)/t10-/m1/s1. The van der Waals surface area contributed by atoms with Crippen LogP contribution in [0.15, 0.2) is 35.7 Å². The zero-order valence-corrected chi connectivity index (χ0v) is 13.2. The Bertz CT molecular complexity index is 686. The zero-order valence-electron chi connectivity index (χ0n) is 12.4. The minimum Gasteiger partial charge on any atom is -0.454 e. The molecule has 1 atom stereocenters. The van der Waals surface area contributed by atoms with Crippen LogP contribution >= 0.6 is 11.8 Å². The van der Waals surface area contributed by atoms with Crippen LogP contribution in [0.1, 0.15) is 12.5 Å². The summed E-state index contributed by atoms with van der Waals surface area (Å²) >= 11 is 1.44. The van der Waals surface area contributed by atoms with Gasteiger partial charge in [0.2, 0.25) is 12.7 Å². The highest BCUT2D eigenvalue weighted by Gasteiger charge is 2.17. The molecule has 22 heavy (non-hydrogen) atoms. The summed E-state index contributed by atoms with van der Waals surface area (Å²) in [4.78, 5) is 16.4. The first-order chi connectivity index (χ1) is 10.6. The number of hydrogen-bond acceptors (Lipinski definition) is 5. The quantitative estimate of drug-likeness (QED) is 0.853. The van der Waals surface area contributed by atoms with Crippen molar-refractivity contribution in [1.82, 2.24) is 14.9 Å². The van der Waals surface area contributed by atoms with Gasteiger partial charge in [-0.3, -0.25) is 4.79 Å². The molecule has 0 spiro atoms. The van der Waals surface area contributed by atoms with E-state index in [9.17, 15) is 4.79 Å². The van der Waals surface area contributed by atoms with E-state index in [1.54, 1.807) is 6.20 Å². The Morgan fingerprint density at radius 2 is 2.27 bits per heavy atom. The Hall–Kier alpha value is -2.15. The highest BCUT2D eigenvalue weighted by molar-refractivity contribution is 8.00. The van der Waals surface area contributed by atoms with Crippen molar-refractivity contribution in [3.63, 3.8) is 0 Å². The van der Waals surface area contributed by atoms with Gasteiger partial charge in [0.05, 0.1) is 5.25 Å². The number of rotatable bonds is 5. The van der Waals surface area contributed by atoms with E-state index in [0.29, 0.717) is 6.54 Å². The molecule has 0 bridgehead atoms. The highest BCUT2D eigenvalue weighted by atomic mass is 32.2. The molecular weight excluding hydrogens is 302 g/mol. The maximum atomic E-state index is 12.2. The van der Waals surface area contributed by atoms with E-state index >= 15 is 0 Å². The molecule has 7 heteroatoms. The highest BCUT2D eigenvalue weighted by Crippen LogP contribution is 2.32. The fourth-order valence-corrected chi connectivity index (χ4v) is 2.92. The normalized spacial score (nSPS) is 13.9. The number of imidazole rings is 1. The van der Waals surface area contributed by atoms with Crippen molar-refractivity contribution in [2.45, 2.75) is 23.9 Å². The van der Waals surface area contributed by atoms with Crippen LogP contribution in [-0.4, -0.2) is 27.5 Å². The first-order valence-corrected chi connectivity index (χ1v) is 7.81. The van der Waals surface area contributed by atoms with E-state index < -0.39 is 0 Å². The van der Waals surface area contributed by atoms with E-state index in [0.717, 1.165) is 22.2 Å². The van der Waals surface area contributed by atoms with Gasteiger partial charge in [-0.25, -0.2) is 4.98 Å². The summed E-state index contributed by atoms with van der Waals surface area (Å²) in [6.07, 6.45) is 3.58. The topological polar surface area (TPSA) is 65.4 Å². The number of ether oxygens (including phenoxy) is 2. The molecule has 0 saturated carbocycles. The molecule has 0 fully saturated rings. The number of benzene rings is 1. The molecule has 1 aromatic heterocycles. The Balaban J connectivity index is 1.54. The molecule has 6 nitrogen and oxygen atoms in total. The number of hydrogen-bond donors (Lipinski definition) is 1. The van der Waals surface area contributed by atoms with Crippen molar-refractivity contribution in [1.29, 1.82) is 0 Å². The third kappa shape index (κ3) is 3.19. The molecule has 1 N–H and O–H groups in total. The lowest BCUT2D eigenvalue weighted by Gasteiger charge is -2.12. The van der Waals surface area contributed by atoms with E-state index in [-0.39, 0.29) is 18.0 Å². The zero-order chi connectivity index (χ0) is 15.5. The molecule has 2 heterocycles. The second kappa shape index (κ2) is 6.31. The summed E-state index contributed by atoms with van der Waals surface area (Å²) in [5.41, 5.74) is 0.979. The SMILES string of the molecule is C[C@@H](Sc1nccn1C)C(=O)NCc1ccc2c(c1)OCO2. The van der Waals surface area contributed by atoms with E-state index in [2.05, 4.69) is 10.3 Å². The van der Waals surface area contributed by atoms with Crippen LogP contribution in [0.2, 0.25) is 0 Å². The number of aryl methyl sites for hydroxylation is 1. The van der Waals surface area contributed by atoms with Gasteiger partial charge < -0.3 is 19.4 Å². The number of fused-ring (bicyclic) bond motifs is 1. The van der Waals surface area contributed by atoms with Gasteiger partial charge >= 0.3 is 0 Å². The molecule has 1 aromatic carbocycles. The lowest BCUT2D eigenvalue weighted by molar-refractivity contribution is -0.120. The van der Waals surface area contributed by atoms with Gasteiger partial charge in [-0.15, -0.1) is 0 Å². The molecule has 2 aromatic rings. The van der Waals surface area contributed by atoms with Crippen LogP contribution in [0.3, 0.4) is 0 Å². The van der Waals surface area contributed by atoms with Gasteiger partial charge in [0.15, 0.2) is 16.7 Å². The summed E-state index contributed by atoms with van der Waals surface area (Å²) in [6.45, 7) is 2.58. The number of nitrogens with one attached hydrogen (secondary N) is 1. The van der Waals surface area contributed by atoms with Gasteiger partial charge in [0, 0.05) is 26.0 Å². The van der Waals surface area contributed by atoms with Gasteiger partial charge in [-0.05, 0) is 24.6 Å². The Morgan fingerprint density at radius 3 is 3.05 bits per heavy atom. The van der Waals surface area contributed by atoms with Gasteiger partial charge in [0.1, 0.15) is 0 Å². The predicted octanol–water partition coefficient (Wildman–Crippen LogP) is 1.95. The summed E-state index contributed by atoms with van der Waals surface area (Å²) in [6, 6.07) is 5.67. The third-order valence-corrected chi connectivity index (χ3v) is 4.50. The fourth-order valence-electron chi connectivity index (χ4n) is 2.06. The smallest absolute Gasteiger partial charge is 0.233 e. The maximum Gasteiger partial charge on any atom is 0.233 e. The summed E-state index contributed by atoms with van der Waals surface area (Å²) in [5.74, 6) is 1.45. The molecule has 1 aliphatic heterocycles. The molecular formula is C15H17N3O3S. The number of carbonyl (C=O) groups is 1. The second-order valence-electron chi connectivity index (χ2n) is 4.99. The fraction of sp³-hybridized carbons (Fsp3) is 0.333. The molecule has 1 amide bonds. The van der Waals surface area contributed by atoms with Crippen LogP contribution in [0.25, 0.3) is 0 Å². The maximum absolute atomic E-state index is 12.2. The number of aromatic nitrogens is 2. The van der Waals surface area contributed by atoms with Crippen molar-refractivity contribution in [2.75, 3.05) is 6.79 Å². The number of thioether (sulfide) groups is 1. The van der Waals surface area contributed by atoms with Crippen molar-refractivity contribution >= 4 is 17.7 Å². The van der Waals surface area contributed by atoms with Crippen LogP contribution in [-0.2, 0) is 18.4 Å². The third-order valence-electron chi connectivity index (χ3n) is 3.33. The predicted molar refractivity (Wildman–Crippen MR) is 82.9 cm³/mol. The number of amides is 1. The summed E-state index contributed by atoms with van der Waals surface area (Å²) in [5, 5.41) is 3.54. The molecule has 0 saturated heterocycles. The first kappa shape index (κ1) is 14.8. The van der Waals surface area contributed by atoms with Crippen LogP contribution < -0.4 is 14.8 Å². The van der Waals surface area contributed by atoms with Crippen molar-refractivity contribution in [3.05, 3.63) is 36.2 Å². The number of nitrogens with zero attached hydrogens (tertiary/aromatic N) is 2. The van der Waals surface area contributed by atoms with E-state index in [4.69, 9.17) is 9.47 Å². The van der Waals surface area contributed by atoms with Crippen molar-refractivity contribution < 1.29 is 14.3 Å². The van der Waals surface area contributed by atoms with E-state index in [1.165, 1.54) is 11.8 Å². The Labute approximate surface area is 132 Å². The average molecular weight is 319 g/mol. The first-order valence-electron chi connectivity index (χ1n) is 6.93. The van der Waals surface area contributed by atoms with Crippen molar-refractivity contribution in [3.8, 4) is 11.5 Å². The average Bonchev–Trinajstić information content (AvgIpc) is 3.13. The monoisotopic (exact) mass is 319 g/mol. The minimum atomic E-state index is -0.213. The van der Waals surface area contributed by atoms with Crippen LogP contribution in [0, 0.1) is 0 Å². The molecule has 1 aliphatic rings. The minimum absolute atomic E-state index is 0.0225. The molecule has 3 rings (SSSR count). The summed E-state index contributed by atoms with van der Waals surface area (Å²) in [7, 11) is 1.91. The molecule has 0 radical (unpaired) electrons. The Morgan fingerprint density at radius 1 is 1.45 bits per heavy atom. The van der Waals surface area contributed by atoms with Gasteiger partial charge in [0.25, 0.3) is 0 Å². The largest absolute Gasteiger partial charge is 0.454 e. The Kier molecular flexibility index (Phi) is 4.24. The molecule has 0 unspecified atom stereocenters. The summed E-state index contributed by atoms with van der Waals surface area (Å²) < 4.78 is 12.5. The van der Waals surface area contributed by atoms with E-state index in [1.807, 2.05) is 42.9 Å². The van der Waals surface area contributed by atoms with Gasteiger partial charge in [-0.2, -0.15) is 0 Å². The van der Waals surface area contributed by atoms with Crippen molar-refractivity contribution in [2.24, 2.45) is 7.05 Å². The lowest BCUT2D eigenvalue weighted by atomic mass is 10.2. The molecule has 116 valence electrons. The van der Waals surface area contributed by atoms with Crippen LogP contribution in [0.5, 0.6) is 11.5 Å².